The van der Waals surface area contributed by atoms with E-state index in [9.17, 15) is 8.78 Å². The fourth-order valence-electron chi connectivity index (χ4n) is 1.81. The molecule has 2 nitrogen and oxygen atoms in total. The summed E-state index contributed by atoms with van der Waals surface area (Å²) in [6, 6.07) is 3.93. The Morgan fingerprint density at radius 2 is 2.00 bits per heavy atom. The summed E-state index contributed by atoms with van der Waals surface area (Å²) >= 11 is 1.55. The number of halogens is 2. The predicted molar refractivity (Wildman–Crippen MR) is 68.7 cm³/mol. The Balaban J connectivity index is 2.10. The van der Waals surface area contributed by atoms with Gasteiger partial charge in [0.15, 0.2) is 0 Å². The molecule has 0 spiro atoms. The molecule has 0 radical (unpaired) electrons. The molecule has 1 atom stereocenters. The molecule has 96 valence electrons. The van der Waals surface area contributed by atoms with Crippen LogP contribution in [0, 0.1) is 11.6 Å². The first-order valence-electron chi connectivity index (χ1n) is 5.69. The topological polar surface area (TPSA) is 24.9 Å². The highest BCUT2D eigenvalue weighted by Crippen LogP contribution is 2.16. The lowest BCUT2D eigenvalue weighted by Gasteiger charge is -2.15. The van der Waals surface area contributed by atoms with Crippen molar-refractivity contribution < 1.29 is 8.78 Å². The van der Waals surface area contributed by atoms with Crippen LogP contribution in [0.4, 0.5) is 8.78 Å². The Hall–Kier alpha value is -1.33. The number of rotatable bonds is 5. The van der Waals surface area contributed by atoms with Crippen LogP contribution >= 0.6 is 11.3 Å². The second kappa shape index (κ2) is 6.02. The first kappa shape index (κ1) is 13.1. The summed E-state index contributed by atoms with van der Waals surface area (Å²) in [4.78, 5) is 4.18. The molecular weight excluding hydrogens is 254 g/mol. The maximum atomic E-state index is 13.5. The molecule has 0 aliphatic carbocycles. The van der Waals surface area contributed by atoms with Gasteiger partial charge in [-0.25, -0.2) is 13.8 Å². The number of hydrogen-bond acceptors (Lipinski definition) is 3. The summed E-state index contributed by atoms with van der Waals surface area (Å²) in [6.45, 7) is 0. The maximum absolute atomic E-state index is 13.5. The van der Waals surface area contributed by atoms with Gasteiger partial charge in [0.05, 0.1) is 5.01 Å². The van der Waals surface area contributed by atoms with Gasteiger partial charge in [0.2, 0.25) is 0 Å². The number of nitrogens with one attached hydrogen (secondary N) is 1. The summed E-state index contributed by atoms with van der Waals surface area (Å²) in [5, 5.41) is 5.94. The van der Waals surface area contributed by atoms with Gasteiger partial charge in [0.25, 0.3) is 0 Å². The number of thiazole rings is 1. The number of hydrogen-bond donors (Lipinski definition) is 1. The van der Waals surface area contributed by atoms with Crippen molar-refractivity contribution in [1.29, 1.82) is 0 Å². The van der Waals surface area contributed by atoms with E-state index in [1.54, 1.807) is 24.6 Å². The minimum atomic E-state index is -0.491. The van der Waals surface area contributed by atoms with E-state index in [1.165, 1.54) is 18.2 Å². The van der Waals surface area contributed by atoms with Crippen LogP contribution in [0.15, 0.2) is 29.8 Å². The van der Waals surface area contributed by atoms with E-state index < -0.39 is 11.6 Å². The average molecular weight is 268 g/mol. The van der Waals surface area contributed by atoms with E-state index in [0.717, 1.165) is 5.01 Å². The van der Waals surface area contributed by atoms with E-state index in [-0.39, 0.29) is 11.6 Å². The van der Waals surface area contributed by atoms with Crippen LogP contribution in [0.5, 0.6) is 0 Å². The second-order valence-electron chi connectivity index (χ2n) is 4.02. The molecule has 1 aromatic carbocycles. The van der Waals surface area contributed by atoms with E-state index >= 15 is 0 Å². The van der Waals surface area contributed by atoms with E-state index in [4.69, 9.17) is 0 Å². The monoisotopic (exact) mass is 268 g/mol. The molecule has 2 rings (SSSR count). The molecule has 0 amide bonds. The van der Waals surface area contributed by atoms with Crippen molar-refractivity contribution in [3.63, 3.8) is 0 Å². The van der Waals surface area contributed by atoms with Crippen LogP contribution in [0.1, 0.15) is 10.6 Å². The number of likely N-dealkylation sites (N-methyl/N-ethyl adjacent to an activating group) is 1. The maximum Gasteiger partial charge on any atom is 0.129 e. The minimum Gasteiger partial charge on any atom is -0.316 e. The van der Waals surface area contributed by atoms with Gasteiger partial charge in [-0.15, -0.1) is 11.3 Å². The Morgan fingerprint density at radius 1 is 1.28 bits per heavy atom. The van der Waals surface area contributed by atoms with Gasteiger partial charge in [-0.1, -0.05) is 6.07 Å². The summed E-state index contributed by atoms with van der Waals surface area (Å²) in [7, 11) is 1.79. The highest BCUT2D eigenvalue weighted by molar-refractivity contribution is 7.09. The van der Waals surface area contributed by atoms with Crippen molar-refractivity contribution in [2.45, 2.75) is 18.9 Å². The summed E-state index contributed by atoms with van der Waals surface area (Å²) < 4.78 is 27.1. The van der Waals surface area contributed by atoms with Crippen molar-refractivity contribution in [3.8, 4) is 0 Å². The highest BCUT2D eigenvalue weighted by Gasteiger charge is 2.15. The lowest BCUT2D eigenvalue weighted by Crippen LogP contribution is -2.30. The van der Waals surface area contributed by atoms with Gasteiger partial charge in [-0.2, -0.15) is 0 Å². The molecule has 0 aliphatic rings. The molecule has 0 bridgehead atoms. The average Bonchev–Trinajstić information content (AvgIpc) is 2.85. The molecule has 1 aromatic heterocycles. The van der Waals surface area contributed by atoms with Gasteiger partial charge < -0.3 is 5.32 Å². The smallest absolute Gasteiger partial charge is 0.129 e. The van der Waals surface area contributed by atoms with Crippen molar-refractivity contribution in [3.05, 3.63) is 52.0 Å². The van der Waals surface area contributed by atoms with Crippen molar-refractivity contribution in [1.82, 2.24) is 10.3 Å². The van der Waals surface area contributed by atoms with Crippen LogP contribution in [-0.4, -0.2) is 18.1 Å². The Morgan fingerprint density at radius 3 is 2.56 bits per heavy atom. The van der Waals surface area contributed by atoms with Crippen LogP contribution in [0.25, 0.3) is 0 Å². The second-order valence-corrected chi connectivity index (χ2v) is 5.00. The molecule has 5 heteroatoms. The third-order valence-electron chi connectivity index (χ3n) is 2.82. The minimum absolute atomic E-state index is 0.0254. The fraction of sp³-hybridized carbons (Fsp3) is 0.308. The summed E-state index contributed by atoms with van der Waals surface area (Å²) in [6.07, 6.45) is 2.72. The van der Waals surface area contributed by atoms with Crippen molar-refractivity contribution in [2.75, 3.05) is 7.05 Å². The van der Waals surface area contributed by atoms with Crippen molar-refractivity contribution >= 4 is 11.3 Å². The van der Waals surface area contributed by atoms with E-state index in [1.807, 2.05) is 5.38 Å². The van der Waals surface area contributed by atoms with Crippen LogP contribution in [0.2, 0.25) is 0 Å². The first-order valence-corrected chi connectivity index (χ1v) is 6.57. The van der Waals surface area contributed by atoms with Gasteiger partial charge >= 0.3 is 0 Å². The van der Waals surface area contributed by atoms with Gasteiger partial charge in [0, 0.05) is 29.6 Å². The molecule has 1 unspecified atom stereocenters. The van der Waals surface area contributed by atoms with Crippen LogP contribution < -0.4 is 5.32 Å². The molecule has 0 saturated heterocycles. The number of nitrogens with zero attached hydrogens (tertiary/aromatic N) is 1. The Labute approximate surface area is 109 Å². The van der Waals surface area contributed by atoms with E-state index in [2.05, 4.69) is 10.3 Å². The Kier molecular flexibility index (Phi) is 4.38. The molecule has 2 aromatic rings. The zero-order valence-corrected chi connectivity index (χ0v) is 10.8. The third-order valence-corrected chi connectivity index (χ3v) is 3.63. The zero-order valence-electron chi connectivity index (χ0n) is 9.99. The van der Waals surface area contributed by atoms with Crippen LogP contribution in [-0.2, 0) is 12.8 Å². The zero-order chi connectivity index (χ0) is 13.0. The number of aromatic nitrogens is 1. The molecule has 0 aliphatic heterocycles. The normalized spacial score (nSPS) is 12.6. The highest BCUT2D eigenvalue weighted by atomic mass is 32.1. The standard InChI is InChI=1S/C13H14F2N2S/c1-16-9(8-13-17-5-6-18-13)7-10-11(14)3-2-4-12(10)15/h2-6,9,16H,7-8H2,1H3. The molecule has 1 heterocycles. The number of benzene rings is 1. The van der Waals surface area contributed by atoms with Crippen LogP contribution in [0.3, 0.4) is 0 Å². The lowest BCUT2D eigenvalue weighted by molar-refractivity contribution is 0.501. The third kappa shape index (κ3) is 3.11. The Bertz CT molecular complexity index is 479. The van der Waals surface area contributed by atoms with E-state index in [0.29, 0.717) is 12.8 Å². The summed E-state index contributed by atoms with van der Waals surface area (Å²) in [5.74, 6) is -0.983. The summed E-state index contributed by atoms with van der Waals surface area (Å²) in [5.41, 5.74) is 0.133. The van der Waals surface area contributed by atoms with Gasteiger partial charge in [-0.05, 0) is 25.6 Å². The molecule has 0 saturated carbocycles. The molecular formula is C13H14F2N2S. The first-order chi connectivity index (χ1) is 8.70. The predicted octanol–water partition coefficient (Wildman–Crippen LogP) is 2.79. The molecule has 18 heavy (non-hydrogen) atoms. The molecule has 0 fully saturated rings. The van der Waals surface area contributed by atoms with Gasteiger partial charge in [0.1, 0.15) is 11.6 Å². The quantitative estimate of drug-likeness (QED) is 0.902. The largest absolute Gasteiger partial charge is 0.316 e. The lowest BCUT2D eigenvalue weighted by atomic mass is 10.0. The van der Waals surface area contributed by atoms with Crippen molar-refractivity contribution in [2.24, 2.45) is 0 Å². The molecule has 1 N–H and O–H groups in total. The van der Waals surface area contributed by atoms with Gasteiger partial charge in [-0.3, -0.25) is 0 Å². The SMILES string of the molecule is CNC(Cc1nccs1)Cc1c(F)cccc1F. The fourth-order valence-corrected chi connectivity index (χ4v) is 2.51.